The van der Waals surface area contributed by atoms with Crippen molar-refractivity contribution >= 4 is 5.91 Å². The van der Waals surface area contributed by atoms with Gasteiger partial charge in [-0.2, -0.15) is 0 Å². The third kappa shape index (κ3) is 1.42. The molecule has 1 aliphatic heterocycles. The Labute approximate surface area is 83.6 Å². The van der Waals surface area contributed by atoms with E-state index in [0.29, 0.717) is 13.0 Å². The van der Waals surface area contributed by atoms with Gasteiger partial charge in [0.2, 0.25) is 5.91 Å². The first-order valence-corrected chi connectivity index (χ1v) is 5.20. The third-order valence-corrected chi connectivity index (χ3v) is 3.39. The van der Waals surface area contributed by atoms with Gasteiger partial charge in [0.05, 0.1) is 24.4 Å². The van der Waals surface area contributed by atoms with Gasteiger partial charge < -0.3 is 15.2 Å². The van der Waals surface area contributed by atoms with Crippen LogP contribution in [0, 0.1) is 0 Å². The van der Waals surface area contributed by atoms with Crippen molar-refractivity contribution < 1.29 is 14.6 Å². The highest BCUT2D eigenvalue weighted by Crippen LogP contribution is 2.46. The van der Waals surface area contributed by atoms with E-state index in [0.717, 1.165) is 19.3 Å². The van der Waals surface area contributed by atoms with E-state index in [4.69, 9.17) is 4.74 Å². The molecule has 1 aliphatic carbocycles. The molecule has 2 fully saturated rings. The fourth-order valence-corrected chi connectivity index (χ4v) is 2.51. The molecule has 1 heterocycles. The van der Waals surface area contributed by atoms with E-state index < -0.39 is 0 Å². The molecule has 1 saturated heterocycles. The van der Waals surface area contributed by atoms with Crippen LogP contribution in [0.4, 0.5) is 0 Å². The van der Waals surface area contributed by atoms with Gasteiger partial charge in [-0.05, 0) is 12.8 Å². The maximum Gasteiger partial charge on any atom is 0.220 e. The van der Waals surface area contributed by atoms with Gasteiger partial charge >= 0.3 is 0 Å². The molecule has 80 valence electrons. The average Bonchev–Trinajstić information content (AvgIpc) is 2.73. The number of aliphatic hydroxyl groups excluding tert-OH is 1. The van der Waals surface area contributed by atoms with Crippen LogP contribution in [0.1, 0.15) is 32.6 Å². The minimum Gasteiger partial charge on any atom is -0.393 e. The lowest BCUT2D eigenvalue weighted by molar-refractivity contribution is -0.123. The second-order valence-corrected chi connectivity index (χ2v) is 4.49. The number of aliphatic hydroxyl groups is 1. The average molecular weight is 199 g/mol. The van der Waals surface area contributed by atoms with Crippen LogP contribution in [-0.2, 0) is 9.53 Å². The molecule has 4 nitrogen and oxygen atoms in total. The molecule has 1 saturated carbocycles. The summed E-state index contributed by atoms with van der Waals surface area (Å²) in [7, 11) is 0. The Morgan fingerprint density at radius 3 is 2.79 bits per heavy atom. The number of fused-ring (bicyclic) bond motifs is 2. The summed E-state index contributed by atoms with van der Waals surface area (Å²) in [6.07, 6.45) is 3.06. The molecule has 2 rings (SSSR count). The quantitative estimate of drug-likeness (QED) is 0.682. The zero-order chi connectivity index (χ0) is 10.2. The summed E-state index contributed by atoms with van der Waals surface area (Å²) in [6, 6.07) is 0. The number of ether oxygens (including phenoxy) is 1. The summed E-state index contributed by atoms with van der Waals surface area (Å²) in [5.74, 6) is 0.0734. The molecule has 14 heavy (non-hydrogen) atoms. The summed E-state index contributed by atoms with van der Waals surface area (Å²) in [4.78, 5) is 11.3. The molecule has 1 amide bonds. The molecule has 0 aromatic carbocycles. The highest BCUT2D eigenvalue weighted by atomic mass is 16.5. The Bertz CT molecular complexity index is 244. The van der Waals surface area contributed by atoms with Crippen molar-refractivity contribution in [3.63, 3.8) is 0 Å². The lowest BCUT2D eigenvalue weighted by Gasteiger charge is -2.28. The number of carbonyl (C=O) groups excluding carboxylic acids is 1. The Hall–Kier alpha value is -0.610. The monoisotopic (exact) mass is 199 g/mol. The lowest BCUT2D eigenvalue weighted by Crippen LogP contribution is -2.47. The minimum absolute atomic E-state index is 0.0662. The van der Waals surface area contributed by atoms with Gasteiger partial charge in [-0.1, -0.05) is 6.92 Å². The van der Waals surface area contributed by atoms with Crippen molar-refractivity contribution in [2.75, 3.05) is 13.2 Å². The molecular weight excluding hydrogens is 182 g/mol. The Morgan fingerprint density at radius 2 is 2.36 bits per heavy atom. The van der Waals surface area contributed by atoms with Crippen LogP contribution in [0.2, 0.25) is 0 Å². The van der Waals surface area contributed by atoms with Gasteiger partial charge in [-0.3, -0.25) is 4.79 Å². The first-order valence-electron chi connectivity index (χ1n) is 5.20. The fourth-order valence-electron chi connectivity index (χ4n) is 2.51. The van der Waals surface area contributed by atoms with Crippen molar-refractivity contribution in [1.29, 1.82) is 0 Å². The van der Waals surface area contributed by atoms with Crippen molar-refractivity contribution in [3.8, 4) is 0 Å². The van der Waals surface area contributed by atoms with Crippen LogP contribution in [0.5, 0.6) is 0 Å². The molecule has 0 radical (unpaired) electrons. The predicted molar refractivity (Wildman–Crippen MR) is 50.8 cm³/mol. The summed E-state index contributed by atoms with van der Waals surface area (Å²) in [5.41, 5.74) is -0.545. The number of carbonyl (C=O) groups is 1. The minimum atomic E-state index is -0.360. The first-order chi connectivity index (χ1) is 6.64. The lowest BCUT2D eigenvalue weighted by atomic mass is 9.98. The van der Waals surface area contributed by atoms with Crippen LogP contribution in [0.25, 0.3) is 0 Å². The summed E-state index contributed by atoms with van der Waals surface area (Å²) in [5, 5.41) is 12.2. The Kier molecular flexibility index (Phi) is 2.27. The zero-order valence-electron chi connectivity index (χ0n) is 8.51. The molecule has 2 unspecified atom stereocenters. The van der Waals surface area contributed by atoms with Crippen molar-refractivity contribution in [3.05, 3.63) is 0 Å². The van der Waals surface area contributed by atoms with E-state index in [1.807, 2.05) is 6.92 Å². The zero-order valence-corrected chi connectivity index (χ0v) is 8.51. The number of hydrogen-bond acceptors (Lipinski definition) is 3. The fraction of sp³-hybridized carbons (Fsp3) is 0.900. The van der Waals surface area contributed by atoms with E-state index in [-0.39, 0.29) is 23.7 Å². The molecule has 0 aromatic rings. The molecule has 4 heteroatoms. The second kappa shape index (κ2) is 3.21. The first kappa shape index (κ1) is 9.93. The maximum absolute atomic E-state index is 11.3. The van der Waals surface area contributed by atoms with Gasteiger partial charge in [0.25, 0.3) is 0 Å². The van der Waals surface area contributed by atoms with Crippen LogP contribution >= 0.6 is 0 Å². The third-order valence-electron chi connectivity index (χ3n) is 3.39. The van der Waals surface area contributed by atoms with E-state index in [9.17, 15) is 9.90 Å². The number of hydrogen-bond donors (Lipinski definition) is 2. The van der Waals surface area contributed by atoms with Crippen molar-refractivity contribution in [1.82, 2.24) is 5.32 Å². The number of rotatable bonds is 3. The van der Waals surface area contributed by atoms with Crippen molar-refractivity contribution in [2.24, 2.45) is 0 Å². The second-order valence-electron chi connectivity index (χ2n) is 4.49. The molecule has 0 spiro atoms. The summed E-state index contributed by atoms with van der Waals surface area (Å²) < 4.78 is 5.57. The summed E-state index contributed by atoms with van der Waals surface area (Å²) >= 11 is 0. The SMILES string of the molecule is CCC(=O)NC12CCC(CO)(C1)OC2. The van der Waals surface area contributed by atoms with Crippen LogP contribution in [-0.4, -0.2) is 35.4 Å². The number of amides is 1. The van der Waals surface area contributed by atoms with E-state index in [1.165, 1.54) is 0 Å². The predicted octanol–water partition coefficient (Wildman–Crippen LogP) is 0.197. The van der Waals surface area contributed by atoms with Crippen LogP contribution in [0.3, 0.4) is 0 Å². The van der Waals surface area contributed by atoms with Gasteiger partial charge in [-0.15, -0.1) is 0 Å². The van der Waals surface area contributed by atoms with E-state index in [1.54, 1.807) is 0 Å². The van der Waals surface area contributed by atoms with Gasteiger partial charge in [0.15, 0.2) is 0 Å². The Balaban J connectivity index is 2.03. The molecule has 0 aromatic heterocycles. The molecular formula is C10H17NO3. The van der Waals surface area contributed by atoms with Gasteiger partial charge in [0.1, 0.15) is 0 Å². The molecule has 2 N–H and O–H groups in total. The topological polar surface area (TPSA) is 58.6 Å². The van der Waals surface area contributed by atoms with E-state index >= 15 is 0 Å². The standard InChI is InChI=1S/C10H17NO3/c1-2-8(13)11-9-3-4-10(5-9,6-12)14-7-9/h12H,2-7H2,1H3,(H,11,13). The molecule has 2 bridgehead atoms. The van der Waals surface area contributed by atoms with Crippen LogP contribution < -0.4 is 5.32 Å². The van der Waals surface area contributed by atoms with E-state index in [2.05, 4.69) is 5.32 Å². The van der Waals surface area contributed by atoms with Crippen LogP contribution in [0.15, 0.2) is 0 Å². The highest BCUT2D eigenvalue weighted by Gasteiger charge is 2.55. The smallest absolute Gasteiger partial charge is 0.220 e. The maximum atomic E-state index is 11.3. The molecule has 2 atom stereocenters. The normalized spacial score (nSPS) is 40.1. The van der Waals surface area contributed by atoms with Crippen molar-refractivity contribution in [2.45, 2.75) is 43.7 Å². The van der Waals surface area contributed by atoms with Gasteiger partial charge in [-0.25, -0.2) is 0 Å². The molecule has 2 aliphatic rings. The Morgan fingerprint density at radius 1 is 1.57 bits per heavy atom. The highest BCUT2D eigenvalue weighted by molar-refractivity contribution is 5.76. The largest absolute Gasteiger partial charge is 0.393 e. The van der Waals surface area contributed by atoms with Gasteiger partial charge in [0, 0.05) is 12.8 Å². The summed E-state index contributed by atoms with van der Waals surface area (Å²) in [6.45, 7) is 2.46. The number of nitrogens with one attached hydrogen (secondary N) is 1.